The monoisotopic (exact) mass is 1200 g/mol. The Labute approximate surface area is 526 Å². The van der Waals surface area contributed by atoms with Crippen molar-refractivity contribution in [2.75, 3.05) is 13.7 Å². The van der Waals surface area contributed by atoms with E-state index in [1.54, 1.807) is 6.08 Å². The summed E-state index contributed by atoms with van der Waals surface area (Å²) in [6.45, 7) is 1.97. The highest BCUT2D eigenvalue weighted by Crippen LogP contribution is 2.88. The van der Waals surface area contributed by atoms with Crippen LogP contribution in [0.2, 0.25) is 0 Å². The molecule has 0 aromatic heterocycles. The molecule has 16 aliphatic rings. The number of aliphatic hydroxyl groups is 5. The Balaban J connectivity index is 0.898. The number of rotatable bonds is 5. The zero-order chi connectivity index (χ0) is 60.4. The van der Waals surface area contributed by atoms with Crippen molar-refractivity contribution in [3.63, 3.8) is 0 Å². The summed E-state index contributed by atoms with van der Waals surface area (Å²) in [6, 6.07) is 26.4. The van der Waals surface area contributed by atoms with Crippen LogP contribution >= 0.6 is 0 Å². The lowest BCUT2D eigenvalue weighted by Gasteiger charge is -2.78. The summed E-state index contributed by atoms with van der Waals surface area (Å²) in [6.07, 6.45) is 17.9. The van der Waals surface area contributed by atoms with Crippen LogP contribution in [0.25, 0.3) is 0 Å². The number of nitrogens with one attached hydrogen (secondary N) is 1. The minimum Gasteiger partial charge on any atom is -0.454 e. The first-order valence-electron chi connectivity index (χ1n) is 35.5. The molecule has 3 spiro atoms. The smallest absolute Gasteiger partial charge is 0.331 e. The molecule has 468 valence electrons. The first kappa shape index (κ1) is 57.1. The second kappa shape index (κ2) is 19.7. The van der Waals surface area contributed by atoms with Crippen LogP contribution in [0.1, 0.15) is 168 Å². The minimum atomic E-state index is -1.99. The third-order valence-electron chi connectivity index (χ3n) is 31.3. The molecule has 3 aliphatic heterocycles. The molecule has 0 radical (unpaired) electrons. The molecule has 27 atom stereocenters. The van der Waals surface area contributed by atoms with E-state index in [1.165, 1.54) is 42.2 Å². The number of aliphatic hydroxyl groups excluding tert-OH is 2. The van der Waals surface area contributed by atoms with Gasteiger partial charge in [-0.1, -0.05) is 91.4 Å². The maximum atomic E-state index is 16.4. The van der Waals surface area contributed by atoms with Gasteiger partial charge in [0, 0.05) is 70.4 Å². The Hall–Kier alpha value is -4.62. The van der Waals surface area contributed by atoms with Gasteiger partial charge in [-0.2, -0.15) is 0 Å². The standard InChI is InChI=1S/C79H93NO9/c1-45-51-21-20-48(31-51)30-46-11-8-12-47(29-46)32-67-59-25-28-72-27-24-57(49-13-4-3-5-14-49)58-19-10-17-53-38-74-26-7-6-15-50-16-9-18-54(41-81)60(50)35-66(80-2)61-34-55(76(74,44-83)65-37-68(84)89-69(61)65)40-78(74,86)77(85)39-56-33-52(45)22-23-62-71(88-67)75(72,64(59)36-63(58)72)42-73(43-82,70(53)77)79(56,62)87/h3-5,8-9,11-14,16,18,29,37,43,45,48,51-53,55-59,61-64,66-67,69-71,80-81,83,85-87H,7,19-28,30-36,38-42,44H2,1-2H3. The van der Waals surface area contributed by atoms with E-state index in [0.29, 0.717) is 74.2 Å². The summed E-state index contributed by atoms with van der Waals surface area (Å²) >= 11 is 0. The molecule has 0 amide bonds. The van der Waals surface area contributed by atoms with Gasteiger partial charge < -0.3 is 45.1 Å². The Morgan fingerprint density at radius 2 is 1.57 bits per heavy atom. The number of carbonyl (C=O) groups excluding carboxylic acids is 2. The number of carbonyl (C=O) groups is 2. The van der Waals surface area contributed by atoms with Gasteiger partial charge in [-0.15, -0.1) is 5.92 Å². The summed E-state index contributed by atoms with van der Waals surface area (Å²) in [4.78, 5) is 30.8. The molecular formula is C79H93NO9. The van der Waals surface area contributed by atoms with Crippen molar-refractivity contribution in [1.82, 2.24) is 5.32 Å². The van der Waals surface area contributed by atoms with Gasteiger partial charge in [-0.05, 0) is 245 Å². The summed E-state index contributed by atoms with van der Waals surface area (Å²) in [5, 5.41) is 74.6. The lowest BCUT2D eigenvalue weighted by molar-refractivity contribution is -0.392. The first-order valence-corrected chi connectivity index (χ1v) is 35.5. The third kappa shape index (κ3) is 6.97. The topological polar surface area (TPSA) is 166 Å². The highest BCUT2D eigenvalue weighted by Gasteiger charge is 2.91. The van der Waals surface area contributed by atoms with Crippen molar-refractivity contribution in [1.29, 1.82) is 0 Å². The van der Waals surface area contributed by atoms with Crippen molar-refractivity contribution in [2.45, 2.75) is 202 Å². The summed E-state index contributed by atoms with van der Waals surface area (Å²) in [5.41, 5.74) is -2.88. The van der Waals surface area contributed by atoms with Crippen LogP contribution in [0.4, 0.5) is 0 Å². The maximum Gasteiger partial charge on any atom is 0.331 e. The molecule has 19 rings (SSSR count). The van der Waals surface area contributed by atoms with Gasteiger partial charge in [0.2, 0.25) is 0 Å². The number of esters is 1. The summed E-state index contributed by atoms with van der Waals surface area (Å²) < 4.78 is 14.9. The third-order valence-corrected chi connectivity index (χ3v) is 31.3. The number of ether oxygens (including phenoxy) is 2. The van der Waals surface area contributed by atoms with E-state index >= 15 is 20.1 Å². The van der Waals surface area contributed by atoms with Gasteiger partial charge in [-0.3, -0.25) is 0 Å². The number of fused-ring (bicyclic) bond motifs is 12. The van der Waals surface area contributed by atoms with Gasteiger partial charge in [0.1, 0.15) is 18.0 Å². The highest BCUT2D eigenvalue weighted by atomic mass is 16.5. The molecule has 27 unspecified atom stereocenters. The second-order valence-electron chi connectivity index (χ2n) is 33.0. The van der Waals surface area contributed by atoms with Gasteiger partial charge in [0.05, 0.1) is 42.0 Å². The van der Waals surface area contributed by atoms with Crippen molar-refractivity contribution < 1.29 is 44.6 Å². The lowest BCUT2D eigenvalue weighted by Crippen LogP contribution is -2.85. The molecular weight excluding hydrogens is 1110 g/mol. The molecule has 6 N–H and O–H groups in total. The summed E-state index contributed by atoms with van der Waals surface area (Å²) in [5.74, 6) is 14.4. The van der Waals surface area contributed by atoms with Crippen molar-refractivity contribution in [3.05, 3.63) is 118 Å². The van der Waals surface area contributed by atoms with E-state index in [4.69, 9.17) is 9.47 Å². The molecule has 3 heterocycles. The number of hydrogen-bond acceptors (Lipinski definition) is 10. The molecule has 10 nitrogen and oxygen atoms in total. The van der Waals surface area contributed by atoms with E-state index < -0.39 is 74.2 Å². The van der Waals surface area contributed by atoms with E-state index in [-0.39, 0.29) is 97.6 Å². The molecule has 13 aliphatic carbocycles. The fourth-order valence-electron chi connectivity index (χ4n) is 28.4. The van der Waals surface area contributed by atoms with E-state index in [9.17, 15) is 15.0 Å². The molecule has 3 aromatic rings. The first-order chi connectivity index (χ1) is 43.2. The quantitative estimate of drug-likeness (QED) is 0.0823. The molecule has 10 saturated carbocycles. The molecule has 89 heavy (non-hydrogen) atoms. The number of aldehydes is 1. The maximum absolute atomic E-state index is 16.4. The van der Waals surface area contributed by atoms with Crippen LogP contribution in [0.15, 0.2) is 84.4 Å². The number of benzene rings is 3. The molecule has 11 fully saturated rings. The summed E-state index contributed by atoms with van der Waals surface area (Å²) in [7, 11) is 1.94. The molecule has 1 saturated heterocycles. The van der Waals surface area contributed by atoms with Crippen LogP contribution in [0.5, 0.6) is 0 Å². The molecule has 19 bridgehead atoms. The fourth-order valence-corrected chi connectivity index (χ4v) is 28.4. The van der Waals surface area contributed by atoms with E-state index in [0.717, 1.165) is 74.5 Å². The van der Waals surface area contributed by atoms with E-state index in [1.807, 2.05) is 25.2 Å². The van der Waals surface area contributed by atoms with Gasteiger partial charge in [-0.25, -0.2) is 4.79 Å². The largest absolute Gasteiger partial charge is 0.454 e. The van der Waals surface area contributed by atoms with Gasteiger partial charge in [0.25, 0.3) is 0 Å². The van der Waals surface area contributed by atoms with Gasteiger partial charge >= 0.3 is 5.97 Å². The SMILES string of the molecule is CNC1Cc2c(cccc2CO)C#CCCC23CC4C#CCC5C(c6ccccc6)CCC67CCC8C9Cc%10cccc(c%10)CC%10CCC(C%10)C(C)C%10CCC%11C(O9)C6(CC6(C=O)C4C(O)(CC(C%10)C%116O)C2(O)CC2CC1C1OC(=O)C=C1C23CO)C8CC57. The zero-order valence-electron chi connectivity index (χ0n) is 52.4. The number of hydrogen-bond donors (Lipinski definition) is 6. The van der Waals surface area contributed by atoms with Crippen LogP contribution in [0.3, 0.4) is 0 Å². The average Bonchev–Trinajstić information content (AvgIpc) is 1.56. The van der Waals surface area contributed by atoms with Crippen molar-refractivity contribution in [2.24, 2.45) is 110 Å². The van der Waals surface area contributed by atoms with Crippen LogP contribution in [-0.2, 0) is 44.9 Å². The second-order valence-corrected chi connectivity index (χ2v) is 33.0. The lowest BCUT2D eigenvalue weighted by atomic mass is 9.28. The van der Waals surface area contributed by atoms with E-state index in [2.05, 4.69) is 90.5 Å². The Kier molecular flexibility index (Phi) is 12.6. The average molecular weight is 1200 g/mol. The Morgan fingerprint density at radius 3 is 2.39 bits per heavy atom. The minimum absolute atomic E-state index is 0.0418. The highest BCUT2D eigenvalue weighted by molar-refractivity contribution is 5.87. The van der Waals surface area contributed by atoms with Crippen molar-refractivity contribution >= 4 is 12.3 Å². The van der Waals surface area contributed by atoms with Crippen molar-refractivity contribution in [3.8, 4) is 23.7 Å². The Bertz CT molecular complexity index is 3600. The zero-order valence-corrected chi connectivity index (χ0v) is 52.4. The molecule has 3 aromatic carbocycles. The molecule has 10 heteroatoms. The van der Waals surface area contributed by atoms with Crippen LogP contribution in [-0.4, -0.2) is 92.6 Å². The van der Waals surface area contributed by atoms with Gasteiger partial charge in [0.15, 0.2) is 0 Å². The number of likely N-dealkylation sites (N-methyl/N-ethyl adjacent to an activating group) is 1. The predicted octanol–water partition coefficient (Wildman–Crippen LogP) is 10.4. The predicted molar refractivity (Wildman–Crippen MR) is 336 cm³/mol. The van der Waals surface area contributed by atoms with Crippen LogP contribution < -0.4 is 5.32 Å². The normalized spacial score (nSPS) is 51.1. The van der Waals surface area contributed by atoms with Crippen LogP contribution in [0, 0.1) is 134 Å². The Morgan fingerprint density at radius 1 is 0.764 bits per heavy atom. The fraction of sp³-hybridized carbons (Fsp3) is 0.671.